The van der Waals surface area contributed by atoms with Crippen molar-refractivity contribution >= 4 is 33.0 Å². The summed E-state index contributed by atoms with van der Waals surface area (Å²) in [4.78, 5) is 20.9. The lowest BCUT2D eigenvalue weighted by atomic mass is 10.1. The number of hydrogen-bond donors (Lipinski definition) is 4. The van der Waals surface area contributed by atoms with Crippen LogP contribution in [-0.4, -0.2) is 76.0 Å². The summed E-state index contributed by atoms with van der Waals surface area (Å²) in [6.07, 6.45) is 7.61. The molecule has 3 aromatic heterocycles. The summed E-state index contributed by atoms with van der Waals surface area (Å²) >= 11 is 0. The molecule has 1 saturated heterocycles. The molecule has 0 bridgehead atoms. The number of piperidine rings is 1. The van der Waals surface area contributed by atoms with Crippen molar-refractivity contribution in [1.82, 2.24) is 30.2 Å². The summed E-state index contributed by atoms with van der Waals surface area (Å²) in [5.74, 6) is 0.456. The number of sulfonamides is 1. The van der Waals surface area contributed by atoms with Gasteiger partial charge in [-0.15, -0.1) is 0 Å². The van der Waals surface area contributed by atoms with Crippen molar-refractivity contribution in [2.75, 3.05) is 35.5 Å². The predicted octanol–water partition coefficient (Wildman–Crippen LogP) is 1.12. The molecule has 1 atom stereocenters. The molecule has 0 aromatic carbocycles. The lowest BCUT2D eigenvalue weighted by Crippen LogP contribution is -2.49. The summed E-state index contributed by atoms with van der Waals surface area (Å²) in [5.41, 5.74) is 1.24. The zero-order valence-electron chi connectivity index (χ0n) is 18.3. The molecule has 3 aromatic rings. The molecule has 0 spiro atoms. The van der Waals surface area contributed by atoms with Crippen LogP contribution >= 0.6 is 0 Å². The molecule has 1 unspecified atom stereocenters. The van der Waals surface area contributed by atoms with E-state index in [1.54, 1.807) is 38.5 Å². The minimum Gasteiger partial charge on any atom is -0.389 e. The summed E-state index contributed by atoms with van der Waals surface area (Å²) in [6, 6.07) is 1.50. The highest BCUT2D eigenvalue weighted by molar-refractivity contribution is 7.92. The smallest absolute Gasteiger partial charge is 0.233 e. The Kier molecular flexibility index (Phi) is 6.01. The molecule has 4 rings (SSSR count). The van der Waals surface area contributed by atoms with Gasteiger partial charge in [0.25, 0.3) is 0 Å². The average Bonchev–Trinajstić information content (AvgIpc) is 3.20. The highest BCUT2D eigenvalue weighted by Gasteiger charge is 2.32. The lowest BCUT2D eigenvalue weighted by molar-refractivity contribution is 0.0943. The van der Waals surface area contributed by atoms with Crippen molar-refractivity contribution < 1.29 is 13.5 Å². The molecule has 1 aliphatic rings. The first-order valence-electron chi connectivity index (χ1n) is 10.5. The molecule has 4 N–H and O–H groups in total. The van der Waals surface area contributed by atoms with Gasteiger partial charge in [0.2, 0.25) is 16.0 Å². The molecule has 12 heteroatoms. The van der Waals surface area contributed by atoms with Gasteiger partial charge in [-0.3, -0.25) is 0 Å². The minimum absolute atomic E-state index is 0.199. The van der Waals surface area contributed by atoms with Gasteiger partial charge in [0, 0.05) is 25.5 Å². The van der Waals surface area contributed by atoms with E-state index in [1.165, 1.54) is 10.6 Å². The van der Waals surface area contributed by atoms with Crippen molar-refractivity contribution in [1.29, 1.82) is 0 Å². The molecular weight excluding hydrogens is 432 g/mol. The number of H-pyrrole nitrogens is 1. The van der Waals surface area contributed by atoms with E-state index in [0.29, 0.717) is 35.4 Å². The first kappa shape index (κ1) is 22.4. The highest BCUT2D eigenvalue weighted by Crippen LogP contribution is 2.33. The largest absolute Gasteiger partial charge is 0.389 e. The molecule has 0 saturated carbocycles. The van der Waals surface area contributed by atoms with E-state index in [1.807, 2.05) is 0 Å². The van der Waals surface area contributed by atoms with Crippen molar-refractivity contribution in [2.45, 2.75) is 38.3 Å². The van der Waals surface area contributed by atoms with Crippen LogP contribution in [0.1, 0.15) is 26.7 Å². The fraction of sp³-hybridized carbons (Fsp3) is 0.500. The number of anilines is 2. The molecule has 0 radical (unpaired) electrons. The molecule has 1 fully saturated rings. The maximum atomic E-state index is 13.0. The van der Waals surface area contributed by atoms with Gasteiger partial charge in [0.05, 0.1) is 35.4 Å². The van der Waals surface area contributed by atoms with Crippen LogP contribution < -0.4 is 14.9 Å². The number of hydrogen-bond acceptors (Lipinski definition) is 9. The standard InChI is InChI=1S/C20H28N8O3S/c1-20(2,29)12-25-19-24-10-14(16-11-23-17-15(26-16)6-8-22-17)18(27-19)28(32(3,30)31)13-5-4-7-21-9-13/h6,8,10-11,13,21,29H,4-5,7,9,12H2,1-3H3,(H,22,23)(H,24,25,27). The molecule has 0 aliphatic carbocycles. The second-order valence-electron chi connectivity index (χ2n) is 8.62. The number of aromatic amines is 1. The van der Waals surface area contributed by atoms with Crippen molar-refractivity contribution in [3.8, 4) is 11.3 Å². The fourth-order valence-electron chi connectivity index (χ4n) is 3.70. The lowest BCUT2D eigenvalue weighted by Gasteiger charge is -2.34. The molecular formula is C20H28N8O3S. The molecule has 32 heavy (non-hydrogen) atoms. The summed E-state index contributed by atoms with van der Waals surface area (Å²) in [6.45, 7) is 4.88. The van der Waals surface area contributed by atoms with Gasteiger partial charge >= 0.3 is 0 Å². The van der Waals surface area contributed by atoms with Crippen molar-refractivity contribution in [3.63, 3.8) is 0 Å². The monoisotopic (exact) mass is 460 g/mol. The van der Waals surface area contributed by atoms with Gasteiger partial charge in [-0.1, -0.05) is 0 Å². The number of aliphatic hydroxyl groups is 1. The molecule has 11 nitrogen and oxygen atoms in total. The third kappa shape index (κ3) is 4.97. The summed E-state index contributed by atoms with van der Waals surface area (Å²) < 4.78 is 27.3. The van der Waals surface area contributed by atoms with E-state index in [9.17, 15) is 13.5 Å². The van der Waals surface area contributed by atoms with E-state index in [0.717, 1.165) is 13.0 Å². The van der Waals surface area contributed by atoms with Gasteiger partial charge in [-0.2, -0.15) is 4.98 Å². The zero-order valence-corrected chi connectivity index (χ0v) is 19.1. The van der Waals surface area contributed by atoms with Crippen LogP contribution in [0.25, 0.3) is 22.4 Å². The van der Waals surface area contributed by atoms with Crippen LogP contribution in [0, 0.1) is 0 Å². The Morgan fingerprint density at radius 1 is 1.28 bits per heavy atom. The van der Waals surface area contributed by atoms with Crippen LogP contribution in [0.5, 0.6) is 0 Å². The minimum atomic E-state index is -3.67. The fourth-order valence-corrected chi connectivity index (χ4v) is 4.87. The number of rotatable bonds is 7. The number of fused-ring (bicyclic) bond motifs is 1. The van der Waals surface area contributed by atoms with Crippen molar-refractivity contribution in [3.05, 3.63) is 24.7 Å². The van der Waals surface area contributed by atoms with Gasteiger partial charge in [0.15, 0.2) is 11.5 Å². The van der Waals surface area contributed by atoms with Crippen molar-refractivity contribution in [2.24, 2.45) is 0 Å². The van der Waals surface area contributed by atoms with Crippen LogP contribution in [-0.2, 0) is 10.0 Å². The molecule has 172 valence electrons. The van der Waals surface area contributed by atoms with Crippen LogP contribution in [0.3, 0.4) is 0 Å². The molecule has 4 heterocycles. The summed E-state index contributed by atoms with van der Waals surface area (Å²) in [5, 5.41) is 16.3. The second kappa shape index (κ2) is 8.60. The predicted molar refractivity (Wildman–Crippen MR) is 123 cm³/mol. The van der Waals surface area contributed by atoms with Crippen LogP contribution in [0.2, 0.25) is 0 Å². The van der Waals surface area contributed by atoms with Crippen LogP contribution in [0.15, 0.2) is 24.7 Å². The van der Waals surface area contributed by atoms with E-state index in [4.69, 9.17) is 0 Å². The van der Waals surface area contributed by atoms with Gasteiger partial charge in [-0.05, 0) is 39.3 Å². The number of nitrogens with zero attached hydrogens (tertiary/aromatic N) is 5. The Balaban J connectivity index is 1.84. The van der Waals surface area contributed by atoms with E-state index in [-0.39, 0.29) is 24.4 Å². The van der Waals surface area contributed by atoms with E-state index >= 15 is 0 Å². The Hall–Kier alpha value is -2.83. The third-order valence-electron chi connectivity index (χ3n) is 5.15. The Bertz CT molecular complexity index is 1200. The number of aromatic nitrogens is 5. The Morgan fingerprint density at radius 2 is 2.09 bits per heavy atom. The maximum absolute atomic E-state index is 13.0. The van der Waals surface area contributed by atoms with Gasteiger partial charge in [-0.25, -0.2) is 27.7 Å². The highest BCUT2D eigenvalue weighted by atomic mass is 32.2. The first-order valence-corrected chi connectivity index (χ1v) is 12.3. The SMILES string of the molecule is CC(C)(O)CNc1ncc(-c2cnc3[nH]ccc3n2)c(N(C2CCCNC2)S(C)(=O)=O)n1. The van der Waals surface area contributed by atoms with E-state index in [2.05, 4.69) is 35.6 Å². The first-order chi connectivity index (χ1) is 15.1. The van der Waals surface area contributed by atoms with E-state index < -0.39 is 15.6 Å². The Morgan fingerprint density at radius 3 is 2.78 bits per heavy atom. The summed E-state index contributed by atoms with van der Waals surface area (Å²) in [7, 11) is -3.67. The zero-order chi connectivity index (χ0) is 22.9. The quantitative estimate of drug-likeness (QED) is 0.407. The Labute approximate surface area is 186 Å². The van der Waals surface area contributed by atoms with Gasteiger partial charge < -0.3 is 20.7 Å². The van der Waals surface area contributed by atoms with Gasteiger partial charge in [0.1, 0.15) is 5.52 Å². The molecule has 0 amide bonds. The normalized spacial score (nSPS) is 17.4. The maximum Gasteiger partial charge on any atom is 0.233 e. The third-order valence-corrected chi connectivity index (χ3v) is 6.34. The molecule has 1 aliphatic heterocycles. The average molecular weight is 461 g/mol. The topological polar surface area (TPSA) is 149 Å². The van der Waals surface area contributed by atoms with Crippen LogP contribution in [0.4, 0.5) is 11.8 Å². The number of nitrogens with one attached hydrogen (secondary N) is 3. The second-order valence-corrected chi connectivity index (χ2v) is 10.5.